The molecule has 2 heterocycles. The first-order chi connectivity index (χ1) is 9.44. The number of rotatable bonds is 1. The SMILES string of the molecule is Cc1ccc2oc(N3CCC(F)(F)CC3)cc(=O)c2c1. The fourth-order valence-electron chi connectivity index (χ4n) is 2.47. The Morgan fingerprint density at radius 3 is 2.60 bits per heavy atom. The second kappa shape index (κ2) is 4.58. The minimum atomic E-state index is -2.61. The monoisotopic (exact) mass is 279 g/mol. The molecule has 1 saturated heterocycles. The number of hydrogen-bond donors (Lipinski definition) is 0. The summed E-state index contributed by atoms with van der Waals surface area (Å²) in [5.41, 5.74) is 1.34. The Morgan fingerprint density at radius 2 is 1.90 bits per heavy atom. The van der Waals surface area contributed by atoms with Crippen LogP contribution in [0, 0.1) is 6.92 Å². The van der Waals surface area contributed by atoms with Gasteiger partial charge in [-0.15, -0.1) is 0 Å². The molecule has 0 amide bonds. The zero-order chi connectivity index (χ0) is 14.3. The van der Waals surface area contributed by atoms with Crippen molar-refractivity contribution < 1.29 is 13.2 Å². The van der Waals surface area contributed by atoms with E-state index in [2.05, 4.69) is 0 Å². The van der Waals surface area contributed by atoms with Crippen LogP contribution in [0.3, 0.4) is 0 Å². The van der Waals surface area contributed by atoms with Gasteiger partial charge in [-0.05, 0) is 19.1 Å². The highest BCUT2D eigenvalue weighted by molar-refractivity contribution is 5.78. The number of anilines is 1. The summed E-state index contributed by atoms with van der Waals surface area (Å²) >= 11 is 0. The molecule has 0 bridgehead atoms. The Balaban J connectivity index is 1.97. The van der Waals surface area contributed by atoms with Crippen LogP contribution < -0.4 is 10.3 Å². The summed E-state index contributed by atoms with van der Waals surface area (Å²) in [4.78, 5) is 13.8. The number of piperidine rings is 1. The number of aryl methyl sites for hydroxylation is 1. The highest BCUT2D eigenvalue weighted by Gasteiger charge is 2.34. The van der Waals surface area contributed by atoms with Gasteiger partial charge in [0.25, 0.3) is 5.92 Å². The van der Waals surface area contributed by atoms with Gasteiger partial charge in [0.15, 0.2) is 11.3 Å². The first kappa shape index (κ1) is 13.1. The molecule has 0 aliphatic carbocycles. The topological polar surface area (TPSA) is 33.5 Å². The van der Waals surface area contributed by atoms with Gasteiger partial charge in [0.2, 0.25) is 0 Å². The Bertz CT molecular complexity index is 699. The van der Waals surface area contributed by atoms with E-state index in [0.717, 1.165) is 5.56 Å². The van der Waals surface area contributed by atoms with Crippen molar-refractivity contribution in [2.75, 3.05) is 18.0 Å². The first-order valence-corrected chi connectivity index (χ1v) is 6.62. The fourth-order valence-corrected chi connectivity index (χ4v) is 2.47. The molecule has 1 fully saturated rings. The van der Waals surface area contributed by atoms with E-state index >= 15 is 0 Å². The van der Waals surface area contributed by atoms with E-state index in [0.29, 0.717) is 16.9 Å². The van der Waals surface area contributed by atoms with Crippen molar-refractivity contribution >= 4 is 16.9 Å². The van der Waals surface area contributed by atoms with Gasteiger partial charge in [-0.2, -0.15) is 0 Å². The highest BCUT2D eigenvalue weighted by Crippen LogP contribution is 2.30. The summed E-state index contributed by atoms with van der Waals surface area (Å²) in [7, 11) is 0. The Kier molecular flexibility index (Phi) is 3.00. The fraction of sp³-hybridized carbons (Fsp3) is 0.400. The predicted molar refractivity (Wildman–Crippen MR) is 73.6 cm³/mol. The quantitative estimate of drug-likeness (QED) is 0.802. The standard InChI is InChI=1S/C15H15F2NO2/c1-10-2-3-13-11(8-10)12(19)9-14(20-13)18-6-4-15(16,17)5-7-18/h2-3,8-9H,4-7H2,1H3. The molecule has 1 aliphatic heterocycles. The average Bonchev–Trinajstić information content (AvgIpc) is 2.39. The minimum absolute atomic E-state index is 0.137. The number of halogens is 2. The van der Waals surface area contributed by atoms with Crippen molar-refractivity contribution in [3.8, 4) is 0 Å². The van der Waals surface area contributed by atoms with Crippen molar-refractivity contribution in [1.82, 2.24) is 0 Å². The third kappa shape index (κ3) is 2.40. The minimum Gasteiger partial charge on any atom is -0.440 e. The van der Waals surface area contributed by atoms with E-state index < -0.39 is 5.92 Å². The molecule has 1 aromatic carbocycles. The van der Waals surface area contributed by atoms with Crippen LogP contribution in [0.2, 0.25) is 0 Å². The molecule has 106 valence electrons. The van der Waals surface area contributed by atoms with Crippen molar-refractivity contribution in [2.45, 2.75) is 25.7 Å². The van der Waals surface area contributed by atoms with Crippen molar-refractivity contribution in [3.63, 3.8) is 0 Å². The summed E-state index contributed by atoms with van der Waals surface area (Å²) in [6.45, 7) is 2.31. The Labute approximate surface area is 114 Å². The second-order valence-electron chi connectivity index (χ2n) is 5.29. The van der Waals surface area contributed by atoms with Crippen LogP contribution in [0.5, 0.6) is 0 Å². The van der Waals surface area contributed by atoms with Crippen LogP contribution in [0.15, 0.2) is 33.5 Å². The average molecular weight is 279 g/mol. The Morgan fingerprint density at radius 1 is 1.20 bits per heavy atom. The third-order valence-electron chi connectivity index (χ3n) is 3.68. The molecular weight excluding hydrogens is 264 g/mol. The molecule has 0 radical (unpaired) electrons. The number of alkyl halides is 2. The molecule has 0 atom stereocenters. The number of benzene rings is 1. The van der Waals surface area contributed by atoms with E-state index in [-0.39, 0.29) is 31.4 Å². The lowest BCUT2D eigenvalue weighted by Gasteiger charge is -2.32. The van der Waals surface area contributed by atoms with Crippen molar-refractivity contribution in [1.29, 1.82) is 0 Å². The van der Waals surface area contributed by atoms with Gasteiger partial charge in [0.05, 0.1) is 5.39 Å². The van der Waals surface area contributed by atoms with E-state index in [1.54, 1.807) is 17.0 Å². The van der Waals surface area contributed by atoms with E-state index in [1.807, 2.05) is 13.0 Å². The van der Waals surface area contributed by atoms with Gasteiger partial charge in [-0.1, -0.05) is 11.6 Å². The maximum absolute atomic E-state index is 13.2. The Hall–Kier alpha value is -1.91. The van der Waals surface area contributed by atoms with Gasteiger partial charge in [0.1, 0.15) is 5.58 Å². The third-order valence-corrected chi connectivity index (χ3v) is 3.68. The molecule has 1 aliphatic rings. The van der Waals surface area contributed by atoms with E-state index in [4.69, 9.17) is 4.42 Å². The molecule has 5 heteroatoms. The maximum atomic E-state index is 13.2. The highest BCUT2D eigenvalue weighted by atomic mass is 19.3. The van der Waals surface area contributed by atoms with Gasteiger partial charge in [0, 0.05) is 32.0 Å². The lowest BCUT2D eigenvalue weighted by molar-refractivity contribution is -0.0225. The predicted octanol–water partition coefficient (Wildman–Crippen LogP) is 3.34. The molecular formula is C15H15F2NO2. The molecule has 3 rings (SSSR count). The molecule has 3 nitrogen and oxygen atoms in total. The molecule has 0 saturated carbocycles. The summed E-state index contributed by atoms with van der Waals surface area (Å²) in [6, 6.07) is 6.77. The van der Waals surface area contributed by atoms with Crippen LogP contribution in [0.25, 0.3) is 11.0 Å². The number of nitrogens with zero attached hydrogens (tertiary/aromatic N) is 1. The lowest BCUT2D eigenvalue weighted by atomic mass is 10.1. The lowest BCUT2D eigenvalue weighted by Crippen LogP contribution is -2.39. The van der Waals surface area contributed by atoms with Crippen LogP contribution in [0.4, 0.5) is 14.7 Å². The van der Waals surface area contributed by atoms with Gasteiger partial charge in [-0.3, -0.25) is 4.79 Å². The largest absolute Gasteiger partial charge is 0.440 e. The second-order valence-corrected chi connectivity index (χ2v) is 5.29. The summed E-state index contributed by atoms with van der Waals surface area (Å²) in [5, 5.41) is 0.524. The number of fused-ring (bicyclic) bond motifs is 1. The molecule has 0 unspecified atom stereocenters. The van der Waals surface area contributed by atoms with Crippen molar-refractivity contribution in [2.24, 2.45) is 0 Å². The van der Waals surface area contributed by atoms with E-state index in [1.165, 1.54) is 6.07 Å². The van der Waals surface area contributed by atoms with Gasteiger partial charge in [-0.25, -0.2) is 8.78 Å². The summed E-state index contributed by atoms with van der Waals surface area (Å²) in [6.07, 6.45) is -0.411. The van der Waals surface area contributed by atoms with E-state index in [9.17, 15) is 13.6 Å². The van der Waals surface area contributed by atoms with Crippen molar-refractivity contribution in [3.05, 3.63) is 40.1 Å². The van der Waals surface area contributed by atoms with Gasteiger partial charge >= 0.3 is 0 Å². The zero-order valence-electron chi connectivity index (χ0n) is 11.2. The van der Waals surface area contributed by atoms with Gasteiger partial charge < -0.3 is 9.32 Å². The zero-order valence-corrected chi connectivity index (χ0v) is 11.2. The van der Waals surface area contributed by atoms with Crippen LogP contribution in [-0.2, 0) is 0 Å². The molecule has 1 aromatic heterocycles. The maximum Gasteiger partial charge on any atom is 0.251 e. The van der Waals surface area contributed by atoms with Crippen LogP contribution in [-0.4, -0.2) is 19.0 Å². The van der Waals surface area contributed by atoms with Crippen LogP contribution >= 0.6 is 0 Å². The normalized spacial score (nSPS) is 18.4. The smallest absolute Gasteiger partial charge is 0.251 e. The molecule has 0 N–H and O–H groups in total. The molecule has 20 heavy (non-hydrogen) atoms. The summed E-state index contributed by atoms with van der Waals surface area (Å²) in [5.74, 6) is -2.23. The first-order valence-electron chi connectivity index (χ1n) is 6.62. The molecule has 2 aromatic rings. The van der Waals surface area contributed by atoms with Crippen LogP contribution in [0.1, 0.15) is 18.4 Å². The number of hydrogen-bond acceptors (Lipinski definition) is 3. The summed E-state index contributed by atoms with van der Waals surface area (Å²) < 4.78 is 32.0. The molecule has 0 spiro atoms.